The van der Waals surface area contributed by atoms with Crippen molar-refractivity contribution < 1.29 is 22.1 Å². The van der Waals surface area contributed by atoms with Gasteiger partial charge in [-0.15, -0.1) is 0 Å². The fourth-order valence-corrected chi connectivity index (χ4v) is 4.93. The number of benzene rings is 1. The van der Waals surface area contributed by atoms with E-state index in [0.717, 1.165) is 30.4 Å². The van der Waals surface area contributed by atoms with Crippen LogP contribution in [0, 0.1) is 17.8 Å². The van der Waals surface area contributed by atoms with E-state index in [1.807, 2.05) is 50.6 Å². The summed E-state index contributed by atoms with van der Waals surface area (Å²) in [7, 11) is -4.37. The Morgan fingerprint density at radius 1 is 1.03 bits per heavy atom. The molecule has 1 aromatic carbocycles. The number of amides is 1. The van der Waals surface area contributed by atoms with Crippen molar-refractivity contribution in [1.82, 2.24) is 4.72 Å². The van der Waals surface area contributed by atoms with Crippen LogP contribution in [-0.2, 0) is 15.0 Å². The Labute approximate surface area is 182 Å². The van der Waals surface area contributed by atoms with Crippen molar-refractivity contribution in [2.45, 2.75) is 85.7 Å². The molecule has 1 N–H and O–H groups in total. The fourth-order valence-electron chi connectivity index (χ4n) is 4.22. The molecule has 1 aliphatic carbocycles. The van der Waals surface area contributed by atoms with Crippen molar-refractivity contribution in [3.8, 4) is 5.75 Å². The summed E-state index contributed by atoms with van der Waals surface area (Å²) in [5.41, 5.74) is 1.56. The zero-order valence-electron chi connectivity index (χ0n) is 19.3. The molecule has 1 fully saturated rings. The second-order valence-corrected chi connectivity index (χ2v) is 10.8. The van der Waals surface area contributed by atoms with Crippen LogP contribution in [0.5, 0.6) is 5.75 Å². The van der Waals surface area contributed by atoms with Crippen LogP contribution < -0.4 is 8.91 Å². The number of nitrogens with one attached hydrogen (secondary N) is 1. The summed E-state index contributed by atoms with van der Waals surface area (Å²) in [5, 5.41) is 0. The predicted molar refractivity (Wildman–Crippen MR) is 119 cm³/mol. The molecule has 1 saturated carbocycles. The van der Waals surface area contributed by atoms with Gasteiger partial charge in [-0.1, -0.05) is 73.1 Å². The lowest BCUT2D eigenvalue weighted by molar-refractivity contribution is 0.00853. The van der Waals surface area contributed by atoms with Crippen LogP contribution in [-0.4, -0.2) is 20.6 Å². The number of para-hydroxylation sites is 1. The minimum atomic E-state index is -4.37. The van der Waals surface area contributed by atoms with Gasteiger partial charge in [0.05, 0.1) is 0 Å². The van der Waals surface area contributed by atoms with Crippen molar-refractivity contribution in [1.29, 1.82) is 0 Å². The molecule has 0 aromatic heterocycles. The first kappa shape index (κ1) is 24.5. The first-order chi connectivity index (χ1) is 13.9. The maximum absolute atomic E-state index is 12.6. The van der Waals surface area contributed by atoms with Crippen molar-refractivity contribution in [2.24, 2.45) is 17.8 Å². The van der Waals surface area contributed by atoms with Crippen molar-refractivity contribution >= 4 is 16.4 Å². The second kappa shape index (κ2) is 10.0. The molecule has 2 rings (SSSR count). The summed E-state index contributed by atoms with van der Waals surface area (Å²) in [6.45, 7) is 14.2. The molecule has 7 heteroatoms. The highest BCUT2D eigenvalue weighted by atomic mass is 32.2. The highest BCUT2D eigenvalue weighted by molar-refractivity contribution is 7.85. The van der Waals surface area contributed by atoms with E-state index in [-0.39, 0.29) is 29.6 Å². The third-order valence-electron chi connectivity index (χ3n) is 5.94. The lowest BCUT2D eigenvalue weighted by Crippen LogP contribution is -2.41. The van der Waals surface area contributed by atoms with Gasteiger partial charge in [0, 0.05) is 0 Å². The van der Waals surface area contributed by atoms with E-state index in [9.17, 15) is 13.2 Å². The standard InChI is InChI=1S/C23H37NO5S/c1-14(2)18-12-11-17(7)13-21(18)28-23(25)24-30(26,27)29-22-19(15(3)4)9-8-10-20(22)16(5)6/h8-10,14-18,21H,11-13H2,1-7H3,(H,24,25)/t17-,18?,21-/m1/s1. The summed E-state index contributed by atoms with van der Waals surface area (Å²) in [6.07, 6.45) is 1.53. The van der Waals surface area contributed by atoms with E-state index in [4.69, 9.17) is 8.92 Å². The third kappa shape index (κ3) is 6.37. The molecule has 0 spiro atoms. The Morgan fingerprint density at radius 2 is 1.60 bits per heavy atom. The first-order valence-corrected chi connectivity index (χ1v) is 12.4. The average Bonchev–Trinajstić information content (AvgIpc) is 2.60. The molecule has 1 aliphatic rings. The van der Waals surface area contributed by atoms with Gasteiger partial charge < -0.3 is 8.92 Å². The van der Waals surface area contributed by atoms with Gasteiger partial charge in [0.15, 0.2) is 5.75 Å². The minimum Gasteiger partial charge on any atom is -0.445 e. The van der Waals surface area contributed by atoms with Crippen LogP contribution >= 0.6 is 0 Å². The number of hydrogen-bond donors (Lipinski definition) is 1. The molecule has 1 amide bonds. The maximum atomic E-state index is 12.6. The van der Waals surface area contributed by atoms with Gasteiger partial charge >= 0.3 is 16.4 Å². The zero-order chi connectivity index (χ0) is 22.6. The number of carbonyl (C=O) groups is 1. The van der Waals surface area contributed by atoms with Crippen molar-refractivity contribution in [2.75, 3.05) is 0 Å². The average molecular weight is 440 g/mol. The van der Waals surface area contributed by atoms with Gasteiger partial charge in [0.1, 0.15) is 6.10 Å². The fraction of sp³-hybridized carbons (Fsp3) is 0.696. The van der Waals surface area contributed by atoms with Gasteiger partial charge in [0.2, 0.25) is 0 Å². The SMILES string of the molecule is CC(C)c1cccc(C(C)C)c1OS(=O)(=O)NC(=O)O[C@@H]1C[C@H](C)CCC1C(C)C. The van der Waals surface area contributed by atoms with Gasteiger partial charge in [0.25, 0.3) is 0 Å². The Bertz CT molecular complexity index is 806. The summed E-state index contributed by atoms with van der Waals surface area (Å²) in [5.74, 6) is 1.44. The normalized spacial score (nSPS) is 22.4. The van der Waals surface area contributed by atoms with E-state index in [2.05, 4.69) is 20.8 Å². The van der Waals surface area contributed by atoms with Crippen molar-refractivity contribution in [3.63, 3.8) is 0 Å². The molecule has 30 heavy (non-hydrogen) atoms. The largest absolute Gasteiger partial charge is 0.445 e. The molecule has 6 nitrogen and oxygen atoms in total. The Balaban J connectivity index is 2.16. The number of ether oxygens (including phenoxy) is 1. The molecule has 3 atom stereocenters. The Kier molecular flexibility index (Phi) is 8.20. The second-order valence-electron chi connectivity index (χ2n) is 9.48. The summed E-state index contributed by atoms with van der Waals surface area (Å²) < 4.78 is 38.2. The van der Waals surface area contributed by atoms with Crippen LogP contribution in [0.2, 0.25) is 0 Å². The minimum absolute atomic E-state index is 0.0661. The van der Waals surface area contributed by atoms with E-state index < -0.39 is 16.4 Å². The van der Waals surface area contributed by atoms with Crippen LogP contribution in [0.1, 0.15) is 90.7 Å². The summed E-state index contributed by atoms with van der Waals surface area (Å²) in [4.78, 5) is 12.4. The number of rotatable bonds is 7. The molecule has 1 aromatic rings. The Hall–Kier alpha value is -1.76. The molecule has 1 unspecified atom stereocenters. The van der Waals surface area contributed by atoms with Crippen LogP contribution in [0.25, 0.3) is 0 Å². The van der Waals surface area contributed by atoms with Gasteiger partial charge in [-0.3, -0.25) is 0 Å². The van der Waals surface area contributed by atoms with Crippen LogP contribution in [0.3, 0.4) is 0 Å². The predicted octanol–water partition coefficient (Wildman–Crippen LogP) is 5.74. The van der Waals surface area contributed by atoms with Gasteiger partial charge in [-0.05, 0) is 53.6 Å². The number of carbonyl (C=O) groups excluding carboxylic acids is 1. The monoisotopic (exact) mass is 439 g/mol. The van der Waals surface area contributed by atoms with Gasteiger partial charge in [-0.2, -0.15) is 13.1 Å². The van der Waals surface area contributed by atoms with E-state index in [1.54, 1.807) is 0 Å². The molecular formula is C23H37NO5S. The van der Waals surface area contributed by atoms with E-state index in [0.29, 0.717) is 11.8 Å². The van der Waals surface area contributed by atoms with Crippen molar-refractivity contribution in [3.05, 3.63) is 29.3 Å². The maximum Gasteiger partial charge on any atom is 0.423 e. The molecule has 0 radical (unpaired) electrons. The first-order valence-electron chi connectivity index (χ1n) is 11.0. The molecule has 170 valence electrons. The van der Waals surface area contributed by atoms with Crippen LogP contribution in [0.15, 0.2) is 18.2 Å². The lowest BCUT2D eigenvalue weighted by Gasteiger charge is -2.36. The third-order valence-corrected chi connectivity index (χ3v) is 6.74. The smallest absolute Gasteiger partial charge is 0.423 e. The number of hydrogen-bond acceptors (Lipinski definition) is 5. The molecule has 0 aliphatic heterocycles. The summed E-state index contributed by atoms with van der Waals surface area (Å²) >= 11 is 0. The molecule has 0 saturated heterocycles. The summed E-state index contributed by atoms with van der Waals surface area (Å²) in [6, 6.07) is 5.58. The zero-order valence-corrected chi connectivity index (χ0v) is 20.1. The van der Waals surface area contributed by atoms with E-state index in [1.165, 1.54) is 0 Å². The lowest BCUT2D eigenvalue weighted by atomic mass is 9.75. The van der Waals surface area contributed by atoms with E-state index >= 15 is 0 Å². The molecular weight excluding hydrogens is 402 g/mol. The Morgan fingerprint density at radius 3 is 2.10 bits per heavy atom. The molecule has 0 heterocycles. The molecule has 0 bridgehead atoms. The van der Waals surface area contributed by atoms with Gasteiger partial charge in [-0.25, -0.2) is 4.79 Å². The highest BCUT2D eigenvalue weighted by Gasteiger charge is 2.34. The quantitative estimate of drug-likeness (QED) is 0.585. The highest BCUT2D eigenvalue weighted by Crippen LogP contribution is 2.36. The van der Waals surface area contributed by atoms with Crippen LogP contribution in [0.4, 0.5) is 4.79 Å². The topological polar surface area (TPSA) is 81.7 Å².